The van der Waals surface area contributed by atoms with Gasteiger partial charge in [-0.1, -0.05) is 30.3 Å². The molecule has 134 valence electrons. The summed E-state index contributed by atoms with van der Waals surface area (Å²) in [4.78, 5) is 12.3. The van der Waals surface area contributed by atoms with Crippen molar-refractivity contribution < 1.29 is 14.2 Å². The average Bonchev–Trinajstić information content (AvgIpc) is 2.69. The second-order valence-electron chi connectivity index (χ2n) is 5.67. The van der Waals surface area contributed by atoms with Crippen LogP contribution in [0.15, 0.2) is 53.3 Å². The van der Waals surface area contributed by atoms with Gasteiger partial charge in [0.05, 0.1) is 27.0 Å². The Bertz CT molecular complexity index is 952. The molecule has 0 aliphatic rings. The summed E-state index contributed by atoms with van der Waals surface area (Å²) in [5.41, 5.74) is 2.82. The first-order valence-electron chi connectivity index (χ1n) is 8.09. The van der Waals surface area contributed by atoms with E-state index in [2.05, 4.69) is 10.2 Å². The van der Waals surface area contributed by atoms with Gasteiger partial charge < -0.3 is 14.2 Å². The Balaban J connectivity index is 2.02. The van der Waals surface area contributed by atoms with Crippen LogP contribution >= 0.6 is 0 Å². The minimum Gasteiger partial charge on any atom is -0.496 e. The van der Waals surface area contributed by atoms with Crippen molar-refractivity contribution in [3.05, 3.63) is 70.0 Å². The lowest BCUT2D eigenvalue weighted by Gasteiger charge is -2.14. The lowest BCUT2D eigenvalue weighted by atomic mass is 10.0. The van der Waals surface area contributed by atoms with E-state index in [0.717, 1.165) is 11.1 Å². The van der Waals surface area contributed by atoms with Gasteiger partial charge in [-0.25, -0.2) is 5.10 Å². The van der Waals surface area contributed by atoms with Gasteiger partial charge in [0.2, 0.25) is 0 Å². The van der Waals surface area contributed by atoms with Gasteiger partial charge in [0.15, 0.2) is 11.5 Å². The molecular formula is C20H20N2O4. The van der Waals surface area contributed by atoms with Crippen LogP contribution in [0, 0.1) is 0 Å². The summed E-state index contributed by atoms with van der Waals surface area (Å²) in [5.74, 6) is 1.78. The highest BCUT2D eigenvalue weighted by molar-refractivity contribution is 5.59. The zero-order chi connectivity index (χ0) is 18.5. The zero-order valence-corrected chi connectivity index (χ0v) is 14.9. The number of aromatic nitrogens is 2. The molecule has 1 aromatic heterocycles. The van der Waals surface area contributed by atoms with E-state index in [4.69, 9.17) is 14.2 Å². The quantitative estimate of drug-likeness (QED) is 0.738. The third kappa shape index (κ3) is 3.54. The van der Waals surface area contributed by atoms with Crippen molar-refractivity contribution in [3.63, 3.8) is 0 Å². The first kappa shape index (κ1) is 17.5. The summed E-state index contributed by atoms with van der Waals surface area (Å²) in [6, 6.07) is 15.1. The standard InChI is InChI=1S/C20H20N2O4/c1-24-17-12-19(26-3)18(25-2)11-14(17)9-15-10-16(21-22-20(15)23)13-7-5-4-6-8-13/h4-8,10-12H,9H2,1-3H3,(H,22,23). The topological polar surface area (TPSA) is 73.4 Å². The number of hydrogen-bond acceptors (Lipinski definition) is 5. The molecule has 0 aliphatic carbocycles. The first-order chi connectivity index (χ1) is 12.7. The van der Waals surface area contributed by atoms with E-state index < -0.39 is 0 Å². The monoisotopic (exact) mass is 352 g/mol. The molecule has 0 unspecified atom stereocenters. The molecule has 3 aromatic rings. The molecule has 0 atom stereocenters. The molecule has 0 saturated heterocycles. The fourth-order valence-electron chi connectivity index (χ4n) is 2.77. The summed E-state index contributed by atoms with van der Waals surface area (Å²) < 4.78 is 16.1. The van der Waals surface area contributed by atoms with Crippen LogP contribution in [0.2, 0.25) is 0 Å². The second kappa shape index (κ2) is 7.74. The number of aromatic amines is 1. The van der Waals surface area contributed by atoms with Gasteiger partial charge in [-0.15, -0.1) is 0 Å². The molecule has 0 amide bonds. The Hall–Kier alpha value is -3.28. The molecule has 3 rings (SSSR count). The Morgan fingerprint density at radius 2 is 1.50 bits per heavy atom. The number of benzene rings is 2. The van der Waals surface area contributed by atoms with Crippen molar-refractivity contribution in [1.29, 1.82) is 0 Å². The van der Waals surface area contributed by atoms with E-state index in [-0.39, 0.29) is 5.56 Å². The van der Waals surface area contributed by atoms with Crippen LogP contribution < -0.4 is 19.8 Å². The molecule has 2 aromatic carbocycles. The van der Waals surface area contributed by atoms with Crippen LogP contribution in [0.4, 0.5) is 0 Å². The molecule has 0 spiro atoms. The van der Waals surface area contributed by atoms with Crippen molar-refractivity contribution in [3.8, 4) is 28.5 Å². The number of rotatable bonds is 6. The van der Waals surface area contributed by atoms with Gasteiger partial charge in [0.25, 0.3) is 5.56 Å². The van der Waals surface area contributed by atoms with Crippen LogP contribution in [0.3, 0.4) is 0 Å². The second-order valence-corrected chi connectivity index (χ2v) is 5.67. The van der Waals surface area contributed by atoms with Gasteiger partial charge in [0.1, 0.15) is 5.75 Å². The predicted molar refractivity (Wildman–Crippen MR) is 99.2 cm³/mol. The van der Waals surface area contributed by atoms with Crippen molar-refractivity contribution in [2.24, 2.45) is 0 Å². The van der Waals surface area contributed by atoms with Crippen molar-refractivity contribution in [1.82, 2.24) is 10.2 Å². The van der Waals surface area contributed by atoms with Crippen LogP contribution in [0.1, 0.15) is 11.1 Å². The highest BCUT2D eigenvalue weighted by atomic mass is 16.5. The average molecular weight is 352 g/mol. The summed E-state index contributed by atoms with van der Waals surface area (Å²) in [6.45, 7) is 0. The summed E-state index contributed by atoms with van der Waals surface area (Å²) in [5, 5.41) is 6.71. The maximum absolute atomic E-state index is 12.3. The normalized spacial score (nSPS) is 10.4. The summed E-state index contributed by atoms with van der Waals surface area (Å²) in [7, 11) is 4.72. The van der Waals surface area contributed by atoms with E-state index >= 15 is 0 Å². The molecule has 26 heavy (non-hydrogen) atoms. The minimum atomic E-state index is -0.235. The van der Waals surface area contributed by atoms with E-state index in [1.54, 1.807) is 33.5 Å². The third-order valence-electron chi connectivity index (χ3n) is 4.12. The summed E-state index contributed by atoms with van der Waals surface area (Å²) >= 11 is 0. The van der Waals surface area contributed by atoms with Crippen molar-refractivity contribution >= 4 is 0 Å². The molecule has 0 bridgehead atoms. The molecule has 1 heterocycles. The van der Waals surface area contributed by atoms with Crippen LogP contribution in [-0.2, 0) is 6.42 Å². The molecule has 6 nitrogen and oxygen atoms in total. The first-order valence-corrected chi connectivity index (χ1v) is 8.09. The highest BCUT2D eigenvalue weighted by Gasteiger charge is 2.14. The predicted octanol–water partition coefficient (Wildman–Crippen LogP) is 3.05. The number of nitrogens with one attached hydrogen (secondary N) is 1. The molecule has 6 heteroatoms. The number of H-pyrrole nitrogens is 1. The molecule has 1 N–H and O–H groups in total. The number of methoxy groups -OCH3 is 3. The third-order valence-corrected chi connectivity index (χ3v) is 4.12. The zero-order valence-electron chi connectivity index (χ0n) is 14.9. The van der Waals surface area contributed by atoms with Gasteiger partial charge in [-0.05, 0) is 12.1 Å². The maximum atomic E-state index is 12.3. The van der Waals surface area contributed by atoms with Gasteiger partial charge >= 0.3 is 0 Å². The Morgan fingerprint density at radius 3 is 2.15 bits per heavy atom. The summed E-state index contributed by atoms with van der Waals surface area (Å²) in [6.07, 6.45) is 0.376. The molecule has 0 fully saturated rings. The van der Waals surface area contributed by atoms with Crippen LogP contribution in [-0.4, -0.2) is 31.5 Å². The van der Waals surface area contributed by atoms with Gasteiger partial charge in [-0.2, -0.15) is 5.10 Å². The van der Waals surface area contributed by atoms with E-state index in [1.165, 1.54) is 0 Å². The van der Waals surface area contributed by atoms with E-state index in [9.17, 15) is 4.79 Å². The minimum absolute atomic E-state index is 0.235. The van der Waals surface area contributed by atoms with E-state index in [0.29, 0.717) is 34.9 Å². The Kier molecular flexibility index (Phi) is 5.22. The van der Waals surface area contributed by atoms with Gasteiger partial charge in [-0.3, -0.25) is 4.79 Å². The Labute approximate surface area is 151 Å². The van der Waals surface area contributed by atoms with Crippen LogP contribution in [0.25, 0.3) is 11.3 Å². The fraction of sp³-hybridized carbons (Fsp3) is 0.200. The highest BCUT2D eigenvalue weighted by Crippen LogP contribution is 2.35. The van der Waals surface area contributed by atoms with Crippen molar-refractivity contribution in [2.45, 2.75) is 6.42 Å². The molecule has 0 saturated carbocycles. The Morgan fingerprint density at radius 1 is 0.846 bits per heavy atom. The van der Waals surface area contributed by atoms with Crippen LogP contribution in [0.5, 0.6) is 17.2 Å². The van der Waals surface area contributed by atoms with Gasteiger partial charge in [0, 0.05) is 29.2 Å². The number of hydrogen-bond donors (Lipinski definition) is 1. The lowest BCUT2D eigenvalue weighted by Crippen LogP contribution is -2.15. The fourth-order valence-corrected chi connectivity index (χ4v) is 2.77. The number of ether oxygens (including phenoxy) is 3. The maximum Gasteiger partial charge on any atom is 0.267 e. The molecule has 0 radical (unpaired) electrons. The molecular weight excluding hydrogens is 332 g/mol. The number of nitrogens with zero attached hydrogens (tertiary/aromatic N) is 1. The largest absolute Gasteiger partial charge is 0.496 e. The smallest absolute Gasteiger partial charge is 0.267 e. The van der Waals surface area contributed by atoms with Crippen molar-refractivity contribution in [2.75, 3.05) is 21.3 Å². The lowest BCUT2D eigenvalue weighted by molar-refractivity contribution is 0.347. The SMILES string of the molecule is COc1cc(OC)c(OC)cc1Cc1cc(-c2ccccc2)n[nH]c1=O. The van der Waals surface area contributed by atoms with E-state index in [1.807, 2.05) is 36.4 Å². The molecule has 0 aliphatic heterocycles.